The number of hydrogen-bond acceptors (Lipinski definition) is 3. The Morgan fingerprint density at radius 1 is 1.12 bits per heavy atom. The first kappa shape index (κ1) is 17.6. The lowest BCUT2D eigenvalue weighted by Gasteiger charge is -2.14. The summed E-state index contributed by atoms with van der Waals surface area (Å²) in [5.74, 6) is 1.70. The number of ether oxygens (including phenoxy) is 2. The molecule has 2 N–H and O–H groups in total. The molecule has 0 aromatic heterocycles. The molecule has 0 fully saturated rings. The molecule has 0 saturated carbocycles. The molecule has 24 heavy (non-hydrogen) atoms. The van der Waals surface area contributed by atoms with E-state index in [1.165, 1.54) is 12.1 Å². The highest BCUT2D eigenvalue weighted by Gasteiger charge is 2.07. The fourth-order valence-electron chi connectivity index (χ4n) is 2.13. The van der Waals surface area contributed by atoms with Gasteiger partial charge in [-0.2, -0.15) is 0 Å². The second kappa shape index (κ2) is 8.76. The van der Waals surface area contributed by atoms with Gasteiger partial charge in [-0.25, -0.2) is 4.39 Å². The average Bonchev–Trinajstić information content (AvgIpc) is 2.60. The van der Waals surface area contributed by atoms with E-state index < -0.39 is 0 Å². The van der Waals surface area contributed by atoms with Gasteiger partial charge in [0.05, 0.1) is 13.7 Å². The Kier molecular flexibility index (Phi) is 6.42. The molecule has 0 saturated heterocycles. The maximum Gasteiger partial charge on any atom is 0.195 e. The zero-order valence-corrected chi connectivity index (χ0v) is 14.1. The molecule has 0 aliphatic carbocycles. The Bertz CT molecular complexity index is 687. The lowest BCUT2D eigenvalue weighted by Crippen LogP contribution is -2.30. The highest BCUT2D eigenvalue weighted by atomic mass is 19.1. The van der Waals surface area contributed by atoms with Crippen LogP contribution in [0.2, 0.25) is 0 Å². The van der Waals surface area contributed by atoms with E-state index in [0.717, 1.165) is 11.3 Å². The minimum Gasteiger partial charge on any atom is -0.493 e. The van der Waals surface area contributed by atoms with E-state index in [-0.39, 0.29) is 5.82 Å². The number of anilines is 1. The molecule has 0 amide bonds. The van der Waals surface area contributed by atoms with E-state index in [1.807, 2.05) is 25.1 Å². The van der Waals surface area contributed by atoms with E-state index in [1.54, 1.807) is 26.3 Å². The molecule has 0 aliphatic rings. The van der Waals surface area contributed by atoms with Crippen LogP contribution in [0.25, 0.3) is 0 Å². The first-order valence-electron chi connectivity index (χ1n) is 7.69. The van der Waals surface area contributed by atoms with E-state index in [2.05, 4.69) is 15.6 Å². The molecule has 6 heteroatoms. The van der Waals surface area contributed by atoms with Crippen molar-refractivity contribution in [1.82, 2.24) is 5.32 Å². The smallest absolute Gasteiger partial charge is 0.195 e. The van der Waals surface area contributed by atoms with E-state index in [9.17, 15) is 4.39 Å². The number of methoxy groups -OCH3 is 1. The average molecular weight is 331 g/mol. The van der Waals surface area contributed by atoms with Crippen molar-refractivity contribution in [2.24, 2.45) is 4.99 Å². The van der Waals surface area contributed by atoms with Gasteiger partial charge in [-0.05, 0) is 36.8 Å². The topological polar surface area (TPSA) is 54.9 Å². The molecule has 0 aliphatic heterocycles. The minimum absolute atomic E-state index is 0.247. The van der Waals surface area contributed by atoms with Gasteiger partial charge >= 0.3 is 0 Å². The molecule has 0 unspecified atom stereocenters. The van der Waals surface area contributed by atoms with Crippen LogP contribution in [0.3, 0.4) is 0 Å². The third-order valence-corrected chi connectivity index (χ3v) is 3.32. The third-order valence-electron chi connectivity index (χ3n) is 3.32. The maximum absolute atomic E-state index is 12.9. The summed E-state index contributed by atoms with van der Waals surface area (Å²) in [5.41, 5.74) is 1.79. The third kappa shape index (κ3) is 4.87. The number of nitrogens with zero attached hydrogens (tertiary/aromatic N) is 1. The van der Waals surface area contributed by atoms with Gasteiger partial charge in [-0.1, -0.05) is 12.1 Å². The van der Waals surface area contributed by atoms with Gasteiger partial charge in [0, 0.05) is 25.3 Å². The zero-order valence-electron chi connectivity index (χ0n) is 14.1. The minimum atomic E-state index is -0.247. The largest absolute Gasteiger partial charge is 0.493 e. The van der Waals surface area contributed by atoms with Crippen LogP contribution >= 0.6 is 0 Å². The van der Waals surface area contributed by atoms with E-state index >= 15 is 0 Å². The van der Waals surface area contributed by atoms with Gasteiger partial charge in [0.1, 0.15) is 5.82 Å². The van der Waals surface area contributed by atoms with Gasteiger partial charge in [-0.15, -0.1) is 0 Å². The fourth-order valence-corrected chi connectivity index (χ4v) is 2.13. The van der Waals surface area contributed by atoms with Gasteiger partial charge in [0.25, 0.3) is 0 Å². The van der Waals surface area contributed by atoms with Crippen LogP contribution in [-0.4, -0.2) is 26.7 Å². The SMILES string of the molecule is CCOc1cc(NC(=NC)NCc2ccc(F)cc2)ccc1OC. The summed E-state index contributed by atoms with van der Waals surface area (Å²) in [6.45, 7) is 3.01. The second-order valence-corrected chi connectivity index (χ2v) is 4.98. The van der Waals surface area contributed by atoms with Gasteiger partial charge in [0.15, 0.2) is 17.5 Å². The summed E-state index contributed by atoms with van der Waals surface area (Å²) < 4.78 is 23.8. The second-order valence-electron chi connectivity index (χ2n) is 4.98. The van der Waals surface area contributed by atoms with Crippen molar-refractivity contribution in [1.29, 1.82) is 0 Å². The molecule has 0 heterocycles. The van der Waals surface area contributed by atoms with Crippen LogP contribution in [0.1, 0.15) is 12.5 Å². The highest BCUT2D eigenvalue weighted by Crippen LogP contribution is 2.30. The van der Waals surface area contributed by atoms with Crippen LogP contribution < -0.4 is 20.1 Å². The number of guanidine groups is 1. The molecule has 5 nitrogen and oxygen atoms in total. The van der Waals surface area contributed by atoms with Crippen molar-refractivity contribution in [2.45, 2.75) is 13.5 Å². The molecule has 128 valence electrons. The maximum atomic E-state index is 12.9. The first-order valence-corrected chi connectivity index (χ1v) is 7.69. The summed E-state index contributed by atoms with van der Waals surface area (Å²) in [7, 11) is 3.29. The molecule has 2 aromatic carbocycles. The lowest BCUT2D eigenvalue weighted by atomic mass is 10.2. The van der Waals surface area contributed by atoms with Crippen molar-refractivity contribution >= 4 is 11.6 Å². The Hall–Kier alpha value is -2.76. The van der Waals surface area contributed by atoms with Gasteiger partial charge in [-0.3, -0.25) is 4.99 Å². The van der Waals surface area contributed by atoms with Crippen LogP contribution in [0.4, 0.5) is 10.1 Å². The predicted octanol–water partition coefficient (Wildman–Crippen LogP) is 3.42. The number of nitrogens with one attached hydrogen (secondary N) is 2. The number of aliphatic imine (C=N–C) groups is 1. The Balaban J connectivity index is 2.02. The Morgan fingerprint density at radius 2 is 1.88 bits per heavy atom. The van der Waals surface area contributed by atoms with Gasteiger partial charge in [0.2, 0.25) is 0 Å². The standard InChI is InChI=1S/C18H22FN3O2/c1-4-24-17-11-15(9-10-16(17)23-3)22-18(20-2)21-12-13-5-7-14(19)8-6-13/h5-11H,4,12H2,1-3H3,(H2,20,21,22). The molecule has 0 bridgehead atoms. The Morgan fingerprint density at radius 3 is 2.50 bits per heavy atom. The lowest BCUT2D eigenvalue weighted by molar-refractivity contribution is 0.311. The fraction of sp³-hybridized carbons (Fsp3) is 0.278. The molecule has 2 rings (SSSR count). The van der Waals surface area contributed by atoms with Crippen LogP contribution in [0.15, 0.2) is 47.5 Å². The van der Waals surface area contributed by atoms with Crippen molar-refractivity contribution in [2.75, 3.05) is 26.1 Å². The van der Waals surface area contributed by atoms with Crippen molar-refractivity contribution in [3.8, 4) is 11.5 Å². The van der Waals surface area contributed by atoms with Crippen LogP contribution in [0, 0.1) is 5.82 Å². The summed E-state index contributed by atoms with van der Waals surface area (Å²) in [4.78, 5) is 4.18. The molecule has 0 atom stereocenters. The zero-order chi connectivity index (χ0) is 17.4. The summed E-state index contributed by atoms with van der Waals surface area (Å²) in [6.07, 6.45) is 0. The Labute approximate surface area is 141 Å². The van der Waals surface area contributed by atoms with Gasteiger partial charge < -0.3 is 20.1 Å². The summed E-state index contributed by atoms with van der Waals surface area (Å²) in [6, 6.07) is 11.9. The van der Waals surface area contributed by atoms with Crippen molar-refractivity contribution in [3.63, 3.8) is 0 Å². The van der Waals surface area contributed by atoms with E-state index in [4.69, 9.17) is 9.47 Å². The molecular weight excluding hydrogens is 309 g/mol. The predicted molar refractivity (Wildman–Crippen MR) is 94.4 cm³/mol. The summed E-state index contributed by atoms with van der Waals surface area (Å²) in [5, 5.41) is 6.37. The molecule has 0 radical (unpaired) electrons. The number of benzene rings is 2. The quantitative estimate of drug-likeness (QED) is 0.629. The molecule has 2 aromatic rings. The number of rotatable bonds is 6. The summed E-state index contributed by atoms with van der Waals surface area (Å²) >= 11 is 0. The molecule has 0 spiro atoms. The monoisotopic (exact) mass is 331 g/mol. The molecular formula is C18H22FN3O2. The first-order chi connectivity index (χ1) is 11.7. The number of hydrogen-bond donors (Lipinski definition) is 2. The van der Waals surface area contributed by atoms with E-state index in [0.29, 0.717) is 30.6 Å². The van der Waals surface area contributed by atoms with Crippen LogP contribution in [0.5, 0.6) is 11.5 Å². The highest BCUT2D eigenvalue weighted by molar-refractivity contribution is 5.93. The normalized spacial score (nSPS) is 11.1. The van der Waals surface area contributed by atoms with Crippen molar-refractivity contribution in [3.05, 3.63) is 53.8 Å². The number of halogens is 1. The van der Waals surface area contributed by atoms with Crippen molar-refractivity contribution < 1.29 is 13.9 Å². The van der Waals surface area contributed by atoms with Crippen LogP contribution in [-0.2, 0) is 6.54 Å².